The smallest absolute Gasteiger partial charge is 0.352 e. The minimum Gasteiger partial charge on any atom is -0.383 e. The van der Waals surface area contributed by atoms with Crippen molar-refractivity contribution < 1.29 is 18.7 Å². The number of hydrogen-bond donors (Lipinski definition) is 1. The third kappa shape index (κ3) is 2.45. The van der Waals surface area contributed by atoms with Gasteiger partial charge in [0.1, 0.15) is 5.60 Å². The highest BCUT2D eigenvalue weighted by Crippen LogP contribution is 2.45. The average Bonchev–Trinajstić information content (AvgIpc) is 2.52. The zero-order chi connectivity index (χ0) is 15.8. The van der Waals surface area contributed by atoms with Gasteiger partial charge in [-0.2, -0.15) is 8.78 Å². The summed E-state index contributed by atoms with van der Waals surface area (Å²) in [5.74, 6) is -4.91. The standard InChI is InChI=1S/C16H20F2N2O2/c17-16(18,15(22)7-4-8-15)14(21)20-11-9-19(10-12-20)13-5-2-1-3-6-13/h1-3,5-6,22H,4,7-12H2. The van der Waals surface area contributed by atoms with Gasteiger partial charge in [-0.15, -0.1) is 0 Å². The van der Waals surface area contributed by atoms with Crippen LogP contribution >= 0.6 is 0 Å². The Bertz CT molecular complexity index is 538. The number of carbonyl (C=O) groups excluding carboxylic acids is 1. The lowest BCUT2D eigenvalue weighted by Crippen LogP contribution is -2.63. The van der Waals surface area contributed by atoms with Crippen molar-refractivity contribution in [3.63, 3.8) is 0 Å². The third-order valence-electron chi connectivity index (χ3n) is 4.72. The van der Waals surface area contributed by atoms with Crippen LogP contribution < -0.4 is 4.90 Å². The fourth-order valence-corrected chi connectivity index (χ4v) is 3.03. The van der Waals surface area contributed by atoms with Gasteiger partial charge in [0.2, 0.25) is 0 Å². The number of alkyl halides is 2. The van der Waals surface area contributed by atoms with Gasteiger partial charge >= 0.3 is 5.92 Å². The Morgan fingerprint density at radius 1 is 1.09 bits per heavy atom. The lowest BCUT2D eigenvalue weighted by atomic mass is 9.75. The Balaban J connectivity index is 1.63. The second-order valence-corrected chi connectivity index (χ2v) is 6.07. The normalized spacial score (nSPS) is 21.4. The van der Waals surface area contributed by atoms with Crippen LogP contribution in [0.2, 0.25) is 0 Å². The molecule has 1 N–H and O–H groups in total. The molecule has 1 aromatic rings. The van der Waals surface area contributed by atoms with Crippen LogP contribution in [0.25, 0.3) is 0 Å². The van der Waals surface area contributed by atoms with Crippen molar-refractivity contribution in [1.29, 1.82) is 0 Å². The molecule has 120 valence electrons. The molecule has 0 unspecified atom stereocenters. The Morgan fingerprint density at radius 2 is 1.68 bits per heavy atom. The summed E-state index contributed by atoms with van der Waals surface area (Å²) < 4.78 is 28.4. The van der Waals surface area contributed by atoms with Crippen LogP contribution in [-0.2, 0) is 4.79 Å². The fourth-order valence-electron chi connectivity index (χ4n) is 3.03. The van der Waals surface area contributed by atoms with Crippen molar-refractivity contribution in [3.05, 3.63) is 30.3 Å². The lowest BCUT2D eigenvalue weighted by molar-refractivity contribution is -0.223. The van der Waals surface area contributed by atoms with E-state index in [-0.39, 0.29) is 25.9 Å². The van der Waals surface area contributed by atoms with E-state index in [1.54, 1.807) is 0 Å². The van der Waals surface area contributed by atoms with Crippen molar-refractivity contribution >= 4 is 11.6 Å². The largest absolute Gasteiger partial charge is 0.383 e. The number of rotatable bonds is 3. The number of halogens is 2. The van der Waals surface area contributed by atoms with Crippen LogP contribution in [-0.4, -0.2) is 53.6 Å². The molecule has 22 heavy (non-hydrogen) atoms. The second kappa shape index (κ2) is 5.50. The number of amides is 1. The molecule has 1 aliphatic heterocycles. The molecule has 0 radical (unpaired) electrons. The Hall–Kier alpha value is -1.69. The van der Waals surface area contributed by atoms with E-state index in [0.717, 1.165) is 5.69 Å². The van der Waals surface area contributed by atoms with Crippen molar-refractivity contribution in [1.82, 2.24) is 4.90 Å². The lowest BCUT2D eigenvalue weighted by Gasteiger charge is -2.44. The topological polar surface area (TPSA) is 43.8 Å². The van der Waals surface area contributed by atoms with Crippen molar-refractivity contribution in [2.24, 2.45) is 0 Å². The first-order valence-electron chi connectivity index (χ1n) is 7.64. The maximum atomic E-state index is 14.2. The molecule has 1 saturated carbocycles. The van der Waals surface area contributed by atoms with E-state index in [9.17, 15) is 18.7 Å². The van der Waals surface area contributed by atoms with Gasteiger partial charge in [-0.3, -0.25) is 4.79 Å². The Labute approximate surface area is 128 Å². The SMILES string of the molecule is O=C(N1CCN(c2ccccc2)CC1)C(F)(F)C1(O)CCC1. The van der Waals surface area contributed by atoms with Crippen LogP contribution in [0.4, 0.5) is 14.5 Å². The second-order valence-electron chi connectivity index (χ2n) is 6.07. The predicted molar refractivity (Wildman–Crippen MR) is 79.0 cm³/mol. The molecule has 1 heterocycles. The molecular weight excluding hydrogens is 290 g/mol. The summed E-state index contributed by atoms with van der Waals surface area (Å²) in [6.45, 7) is 1.54. The highest BCUT2D eigenvalue weighted by molar-refractivity contribution is 5.85. The molecule has 0 aromatic heterocycles. The van der Waals surface area contributed by atoms with E-state index >= 15 is 0 Å². The highest BCUT2D eigenvalue weighted by Gasteiger charge is 2.62. The summed E-state index contributed by atoms with van der Waals surface area (Å²) >= 11 is 0. The molecule has 1 amide bonds. The summed E-state index contributed by atoms with van der Waals surface area (Å²) in [4.78, 5) is 15.3. The van der Waals surface area contributed by atoms with Gasteiger partial charge in [0, 0.05) is 31.9 Å². The molecule has 1 aromatic carbocycles. The molecule has 0 bridgehead atoms. The monoisotopic (exact) mass is 310 g/mol. The first-order valence-corrected chi connectivity index (χ1v) is 7.64. The van der Waals surface area contributed by atoms with Gasteiger partial charge in [0.05, 0.1) is 0 Å². The summed E-state index contributed by atoms with van der Waals surface area (Å²) in [6, 6.07) is 9.69. The first kappa shape index (κ1) is 15.2. The van der Waals surface area contributed by atoms with Crippen molar-refractivity contribution in [3.8, 4) is 0 Å². The van der Waals surface area contributed by atoms with E-state index in [0.29, 0.717) is 19.5 Å². The predicted octanol–water partition coefficient (Wildman–Crippen LogP) is 1.89. The van der Waals surface area contributed by atoms with E-state index in [1.165, 1.54) is 4.90 Å². The van der Waals surface area contributed by atoms with E-state index < -0.39 is 17.4 Å². The highest BCUT2D eigenvalue weighted by atomic mass is 19.3. The van der Waals surface area contributed by atoms with Gasteiger partial charge in [0.25, 0.3) is 5.91 Å². The van der Waals surface area contributed by atoms with Gasteiger partial charge in [-0.1, -0.05) is 18.2 Å². The van der Waals surface area contributed by atoms with Crippen LogP contribution in [0.1, 0.15) is 19.3 Å². The number of nitrogens with zero attached hydrogens (tertiary/aromatic N) is 2. The third-order valence-corrected chi connectivity index (χ3v) is 4.72. The van der Waals surface area contributed by atoms with Gasteiger partial charge in [-0.25, -0.2) is 0 Å². The minimum atomic E-state index is -3.68. The molecule has 3 rings (SSSR count). The number of piperazine rings is 1. The van der Waals surface area contributed by atoms with E-state index in [2.05, 4.69) is 4.90 Å². The number of benzene rings is 1. The minimum absolute atomic E-state index is 0.00425. The van der Waals surface area contributed by atoms with Crippen LogP contribution in [0.15, 0.2) is 30.3 Å². The molecular formula is C16H20F2N2O2. The van der Waals surface area contributed by atoms with Crippen LogP contribution in [0, 0.1) is 0 Å². The Morgan fingerprint density at radius 3 is 2.18 bits per heavy atom. The summed E-state index contributed by atoms with van der Waals surface area (Å²) in [5.41, 5.74) is -1.11. The Kier molecular flexibility index (Phi) is 3.80. The van der Waals surface area contributed by atoms with Crippen molar-refractivity contribution in [2.75, 3.05) is 31.1 Å². The molecule has 0 atom stereocenters. The number of carbonyl (C=O) groups is 1. The molecule has 2 fully saturated rings. The van der Waals surface area contributed by atoms with Crippen LogP contribution in [0.5, 0.6) is 0 Å². The summed E-state index contributed by atoms with van der Waals surface area (Å²) in [6.07, 6.45) is 0.534. The fraction of sp³-hybridized carbons (Fsp3) is 0.562. The van der Waals surface area contributed by atoms with E-state index in [4.69, 9.17) is 0 Å². The quantitative estimate of drug-likeness (QED) is 0.927. The van der Waals surface area contributed by atoms with Gasteiger partial charge in [0.15, 0.2) is 0 Å². The van der Waals surface area contributed by atoms with Crippen molar-refractivity contribution in [2.45, 2.75) is 30.8 Å². The molecule has 1 saturated heterocycles. The average molecular weight is 310 g/mol. The van der Waals surface area contributed by atoms with Crippen LogP contribution in [0.3, 0.4) is 0 Å². The molecule has 4 nitrogen and oxygen atoms in total. The summed E-state index contributed by atoms with van der Waals surface area (Å²) in [7, 11) is 0. The molecule has 1 aliphatic carbocycles. The van der Waals surface area contributed by atoms with Gasteiger partial charge < -0.3 is 14.9 Å². The zero-order valence-electron chi connectivity index (χ0n) is 12.3. The summed E-state index contributed by atoms with van der Waals surface area (Å²) in [5, 5.41) is 9.86. The molecule has 2 aliphatic rings. The van der Waals surface area contributed by atoms with Gasteiger partial charge in [-0.05, 0) is 31.4 Å². The molecule has 0 spiro atoms. The molecule has 6 heteroatoms. The number of para-hydroxylation sites is 1. The first-order chi connectivity index (χ1) is 10.4. The van der Waals surface area contributed by atoms with E-state index in [1.807, 2.05) is 30.3 Å². The zero-order valence-corrected chi connectivity index (χ0v) is 12.3. The number of anilines is 1. The number of hydrogen-bond acceptors (Lipinski definition) is 3. The maximum absolute atomic E-state index is 14.2. The maximum Gasteiger partial charge on any atom is 0.352 e. The number of aliphatic hydroxyl groups is 1.